The first-order valence-electron chi connectivity index (χ1n) is 8.03. The number of aryl methyl sites for hydroxylation is 1. The summed E-state index contributed by atoms with van der Waals surface area (Å²) >= 11 is 1.33. The molecule has 4 aromatic rings. The van der Waals surface area contributed by atoms with E-state index in [9.17, 15) is 9.59 Å². The summed E-state index contributed by atoms with van der Waals surface area (Å²) in [5.74, 6) is 0.306. The summed E-state index contributed by atoms with van der Waals surface area (Å²) in [7, 11) is 1.90. The average Bonchev–Trinajstić information content (AvgIpc) is 3.28. The van der Waals surface area contributed by atoms with Crippen molar-refractivity contribution in [1.82, 2.24) is 24.7 Å². The molecule has 8 nitrogen and oxygen atoms in total. The van der Waals surface area contributed by atoms with Crippen molar-refractivity contribution in [3.8, 4) is 22.0 Å². The molecule has 2 N–H and O–H groups in total. The van der Waals surface area contributed by atoms with E-state index < -0.39 is 5.91 Å². The zero-order chi connectivity index (χ0) is 18.8. The van der Waals surface area contributed by atoms with Crippen molar-refractivity contribution in [2.24, 2.45) is 7.05 Å². The summed E-state index contributed by atoms with van der Waals surface area (Å²) in [5, 5.41) is 9.14. The number of benzene rings is 1. The van der Waals surface area contributed by atoms with Crippen molar-refractivity contribution >= 4 is 22.4 Å². The van der Waals surface area contributed by atoms with E-state index in [1.165, 1.54) is 23.5 Å². The highest BCUT2D eigenvalue weighted by Crippen LogP contribution is 2.38. The number of rotatable bonds is 4. The van der Waals surface area contributed by atoms with E-state index in [0.29, 0.717) is 5.13 Å². The minimum absolute atomic E-state index is 0.101. The highest BCUT2D eigenvalue weighted by molar-refractivity contribution is 7.19. The first-order chi connectivity index (χ1) is 13.1. The summed E-state index contributed by atoms with van der Waals surface area (Å²) < 4.78 is 1.90. The zero-order valence-corrected chi connectivity index (χ0v) is 15.0. The van der Waals surface area contributed by atoms with E-state index in [-0.39, 0.29) is 11.3 Å². The van der Waals surface area contributed by atoms with Crippen LogP contribution in [0, 0.1) is 0 Å². The van der Waals surface area contributed by atoms with Gasteiger partial charge in [0.1, 0.15) is 5.69 Å². The number of hydrogen-bond acceptors (Lipinski definition) is 6. The van der Waals surface area contributed by atoms with Gasteiger partial charge in [-0.15, -0.1) is 0 Å². The van der Waals surface area contributed by atoms with E-state index in [4.69, 9.17) is 0 Å². The molecule has 1 aromatic carbocycles. The van der Waals surface area contributed by atoms with Gasteiger partial charge >= 0.3 is 0 Å². The van der Waals surface area contributed by atoms with E-state index in [1.54, 1.807) is 6.20 Å². The second kappa shape index (κ2) is 6.96. The van der Waals surface area contributed by atoms with Crippen LogP contribution < -0.4 is 10.9 Å². The Morgan fingerprint density at radius 2 is 2.00 bits per heavy atom. The van der Waals surface area contributed by atoms with Crippen molar-refractivity contribution in [2.75, 3.05) is 5.32 Å². The molecule has 4 rings (SSSR count). The van der Waals surface area contributed by atoms with Gasteiger partial charge in [0.15, 0.2) is 11.0 Å². The Balaban J connectivity index is 1.73. The van der Waals surface area contributed by atoms with Gasteiger partial charge in [0, 0.05) is 31.1 Å². The third kappa shape index (κ3) is 3.40. The number of nitrogens with one attached hydrogen (secondary N) is 2. The normalized spacial score (nSPS) is 10.7. The van der Waals surface area contributed by atoms with Gasteiger partial charge in [0.2, 0.25) is 0 Å². The summed E-state index contributed by atoms with van der Waals surface area (Å²) in [6.45, 7) is 0. The van der Waals surface area contributed by atoms with Gasteiger partial charge in [-0.25, -0.2) is 15.1 Å². The molecule has 0 aliphatic heterocycles. The van der Waals surface area contributed by atoms with Crippen LogP contribution in [0.4, 0.5) is 5.13 Å². The lowest BCUT2D eigenvalue weighted by molar-refractivity contribution is 0.102. The summed E-state index contributed by atoms with van der Waals surface area (Å²) in [5.41, 5.74) is 1.39. The highest BCUT2D eigenvalue weighted by atomic mass is 32.1. The maximum atomic E-state index is 12.4. The fourth-order valence-corrected chi connectivity index (χ4v) is 3.56. The van der Waals surface area contributed by atoms with E-state index in [1.807, 2.05) is 48.1 Å². The van der Waals surface area contributed by atoms with Crippen LogP contribution >= 0.6 is 11.3 Å². The molecule has 0 aliphatic rings. The molecule has 3 aromatic heterocycles. The second-order valence-electron chi connectivity index (χ2n) is 5.69. The molecule has 9 heteroatoms. The number of carbonyl (C=O) groups excluding carboxylic acids is 1. The summed E-state index contributed by atoms with van der Waals surface area (Å²) in [4.78, 5) is 33.3. The van der Waals surface area contributed by atoms with Crippen LogP contribution in [0.1, 0.15) is 10.5 Å². The van der Waals surface area contributed by atoms with Crippen molar-refractivity contribution in [1.29, 1.82) is 0 Å². The number of nitrogens with zero attached hydrogens (tertiary/aromatic N) is 4. The largest absolute Gasteiger partial charge is 0.333 e. The minimum atomic E-state index is -0.453. The van der Waals surface area contributed by atoms with Crippen molar-refractivity contribution in [2.45, 2.75) is 0 Å². The maximum absolute atomic E-state index is 12.4. The van der Waals surface area contributed by atoms with Gasteiger partial charge in [-0.1, -0.05) is 41.7 Å². The molecule has 0 saturated carbocycles. The third-order valence-electron chi connectivity index (χ3n) is 3.83. The van der Waals surface area contributed by atoms with E-state index in [2.05, 4.69) is 25.5 Å². The predicted octanol–water partition coefficient (Wildman–Crippen LogP) is 2.55. The monoisotopic (exact) mass is 378 g/mol. The molecule has 0 radical (unpaired) electrons. The van der Waals surface area contributed by atoms with Crippen LogP contribution in [-0.4, -0.2) is 30.6 Å². The zero-order valence-electron chi connectivity index (χ0n) is 14.2. The number of hydrogen-bond donors (Lipinski definition) is 2. The van der Waals surface area contributed by atoms with Gasteiger partial charge in [0.25, 0.3) is 11.5 Å². The molecule has 0 spiro atoms. The van der Waals surface area contributed by atoms with E-state index >= 15 is 0 Å². The van der Waals surface area contributed by atoms with Crippen molar-refractivity contribution in [3.63, 3.8) is 0 Å². The number of anilines is 1. The smallest absolute Gasteiger partial charge is 0.277 e. The number of H-pyrrole nitrogens is 1. The minimum Gasteiger partial charge on any atom is -0.333 e. The highest BCUT2D eigenvalue weighted by Gasteiger charge is 2.19. The number of thiazole rings is 1. The number of amides is 1. The molecule has 0 unspecified atom stereocenters. The van der Waals surface area contributed by atoms with E-state index in [0.717, 1.165) is 22.0 Å². The standard InChI is InChI=1S/C18H14N6O2S/c1-24-10-9-19-16(24)15-14(11-5-3-2-4-6-11)20-18(27-15)21-17(26)12-7-8-13(25)23-22-12/h2-10H,1H3,(H,23,25)(H,20,21,26). The predicted molar refractivity (Wildman–Crippen MR) is 103 cm³/mol. The van der Waals surface area contributed by atoms with Crippen LogP contribution in [0.15, 0.2) is 59.7 Å². The molecule has 0 atom stereocenters. The number of aromatic amines is 1. The van der Waals surface area contributed by atoms with Gasteiger partial charge in [-0.3, -0.25) is 14.9 Å². The lowest BCUT2D eigenvalue weighted by Crippen LogP contribution is -2.17. The Hall–Kier alpha value is -3.59. The molecule has 134 valence electrons. The van der Waals surface area contributed by atoms with Gasteiger partial charge in [0.05, 0.1) is 10.6 Å². The maximum Gasteiger partial charge on any atom is 0.277 e. The molecular formula is C18H14N6O2S. The Kier molecular flexibility index (Phi) is 4.35. The Bertz CT molecular complexity index is 1140. The summed E-state index contributed by atoms with van der Waals surface area (Å²) in [6.07, 6.45) is 3.57. The first kappa shape index (κ1) is 16.9. The molecule has 0 bridgehead atoms. The van der Waals surface area contributed by atoms with Crippen LogP contribution in [0.3, 0.4) is 0 Å². The molecule has 0 saturated heterocycles. The molecule has 0 fully saturated rings. The summed E-state index contributed by atoms with van der Waals surface area (Å²) in [6, 6.07) is 12.3. The molecule has 3 heterocycles. The Morgan fingerprint density at radius 1 is 1.19 bits per heavy atom. The van der Waals surface area contributed by atoms with Crippen LogP contribution in [0.25, 0.3) is 22.0 Å². The lowest BCUT2D eigenvalue weighted by atomic mass is 10.1. The molecule has 1 amide bonds. The number of aromatic nitrogens is 5. The average molecular weight is 378 g/mol. The fourth-order valence-electron chi connectivity index (χ4n) is 2.53. The SMILES string of the molecule is Cn1ccnc1-c1sc(NC(=O)c2ccc(=O)[nH]n2)nc1-c1ccccc1. The molecule has 0 aliphatic carbocycles. The lowest BCUT2D eigenvalue weighted by Gasteiger charge is -2.02. The third-order valence-corrected chi connectivity index (χ3v) is 4.80. The Morgan fingerprint density at radius 3 is 2.67 bits per heavy atom. The van der Waals surface area contributed by atoms with Crippen LogP contribution in [0.2, 0.25) is 0 Å². The first-order valence-corrected chi connectivity index (χ1v) is 8.84. The van der Waals surface area contributed by atoms with Gasteiger partial charge < -0.3 is 4.57 Å². The van der Waals surface area contributed by atoms with Gasteiger partial charge in [-0.2, -0.15) is 5.10 Å². The number of carbonyl (C=O) groups is 1. The second-order valence-corrected chi connectivity index (χ2v) is 6.68. The molecular weight excluding hydrogens is 364 g/mol. The number of imidazole rings is 1. The van der Waals surface area contributed by atoms with Crippen molar-refractivity contribution in [3.05, 3.63) is 70.9 Å². The van der Waals surface area contributed by atoms with Crippen LogP contribution in [0.5, 0.6) is 0 Å². The van der Waals surface area contributed by atoms with Crippen molar-refractivity contribution < 1.29 is 4.79 Å². The van der Waals surface area contributed by atoms with Gasteiger partial charge in [-0.05, 0) is 6.07 Å². The van der Waals surface area contributed by atoms with Crippen LogP contribution in [-0.2, 0) is 7.05 Å². The quantitative estimate of drug-likeness (QED) is 0.568. The molecule has 27 heavy (non-hydrogen) atoms. The topological polar surface area (TPSA) is 106 Å². The Labute approximate surface area is 157 Å². The fraction of sp³-hybridized carbons (Fsp3) is 0.0556.